The van der Waals surface area contributed by atoms with Crippen LogP contribution in [0.5, 0.6) is 0 Å². The Balaban J connectivity index is 1.80. The van der Waals surface area contributed by atoms with Crippen LogP contribution >= 0.6 is 0 Å². The van der Waals surface area contributed by atoms with Crippen LogP contribution < -0.4 is 5.73 Å². The van der Waals surface area contributed by atoms with Crippen molar-refractivity contribution >= 4 is 5.96 Å². The van der Waals surface area contributed by atoms with E-state index in [9.17, 15) is 0 Å². The van der Waals surface area contributed by atoms with E-state index in [0.717, 1.165) is 25.6 Å². The molecule has 0 aromatic heterocycles. The first-order valence-corrected chi connectivity index (χ1v) is 8.07. The Morgan fingerprint density at radius 3 is 2.57 bits per heavy atom. The molecule has 1 aliphatic carbocycles. The van der Waals surface area contributed by atoms with Crippen molar-refractivity contribution in [1.29, 1.82) is 0 Å². The molecule has 1 aromatic carbocycles. The molecule has 0 radical (unpaired) electrons. The van der Waals surface area contributed by atoms with E-state index in [2.05, 4.69) is 47.2 Å². The Labute approximate surface area is 127 Å². The molecular formula is C17H26N4. The van der Waals surface area contributed by atoms with Crippen molar-refractivity contribution in [2.45, 2.75) is 37.8 Å². The van der Waals surface area contributed by atoms with Gasteiger partial charge in [-0.25, -0.2) is 4.99 Å². The third-order valence-corrected chi connectivity index (χ3v) is 4.70. The van der Waals surface area contributed by atoms with Gasteiger partial charge >= 0.3 is 0 Å². The molecule has 21 heavy (non-hydrogen) atoms. The highest BCUT2D eigenvalue weighted by Gasteiger charge is 2.28. The number of nitrogens with two attached hydrogens (primary N) is 1. The zero-order valence-electron chi connectivity index (χ0n) is 12.9. The first-order chi connectivity index (χ1) is 10.2. The predicted octanol–water partition coefficient (Wildman–Crippen LogP) is 2.23. The lowest BCUT2D eigenvalue weighted by Crippen LogP contribution is -2.52. The van der Waals surface area contributed by atoms with Crippen molar-refractivity contribution in [1.82, 2.24) is 9.80 Å². The molecule has 114 valence electrons. The molecule has 0 bridgehead atoms. The minimum Gasteiger partial charge on any atom is -0.370 e. The Morgan fingerprint density at radius 2 is 1.86 bits per heavy atom. The Morgan fingerprint density at radius 1 is 1.14 bits per heavy atom. The van der Waals surface area contributed by atoms with Gasteiger partial charge in [0.05, 0.1) is 12.1 Å². The number of guanidine groups is 1. The number of nitrogens with zero attached hydrogens (tertiary/aromatic N) is 3. The Kier molecular flexibility index (Phi) is 4.44. The third kappa shape index (κ3) is 3.38. The molecule has 3 rings (SSSR count). The van der Waals surface area contributed by atoms with Crippen molar-refractivity contribution < 1.29 is 0 Å². The van der Waals surface area contributed by atoms with Gasteiger partial charge in [-0.05, 0) is 25.5 Å². The second-order valence-corrected chi connectivity index (χ2v) is 6.31. The van der Waals surface area contributed by atoms with Gasteiger partial charge in [0.25, 0.3) is 0 Å². The van der Waals surface area contributed by atoms with E-state index in [-0.39, 0.29) is 0 Å². The average molecular weight is 286 g/mol. The number of hydrogen-bond acceptors (Lipinski definition) is 2. The number of benzene rings is 1. The van der Waals surface area contributed by atoms with Crippen LogP contribution in [-0.2, 0) is 0 Å². The van der Waals surface area contributed by atoms with Crippen molar-refractivity contribution in [3.63, 3.8) is 0 Å². The average Bonchev–Trinajstić information content (AvgIpc) is 3.01. The molecule has 2 aliphatic rings. The van der Waals surface area contributed by atoms with Crippen LogP contribution in [0.2, 0.25) is 0 Å². The normalized spacial score (nSPS) is 25.5. The van der Waals surface area contributed by atoms with Crippen LogP contribution in [0.4, 0.5) is 0 Å². The monoisotopic (exact) mass is 286 g/mol. The van der Waals surface area contributed by atoms with Gasteiger partial charge in [-0.2, -0.15) is 0 Å². The van der Waals surface area contributed by atoms with Crippen LogP contribution in [-0.4, -0.2) is 48.5 Å². The quantitative estimate of drug-likeness (QED) is 0.670. The van der Waals surface area contributed by atoms with E-state index >= 15 is 0 Å². The van der Waals surface area contributed by atoms with Gasteiger partial charge in [-0.1, -0.05) is 43.2 Å². The second-order valence-electron chi connectivity index (χ2n) is 6.31. The van der Waals surface area contributed by atoms with Gasteiger partial charge in [0.15, 0.2) is 5.96 Å². The highest BCUT2D eigenvalue weighted by molar-refractivity contribution is 5.79. The van der Waals surface area contributed by atoms with E-state index in [0.29, 0.717) is 12.1 Å². The van der Waals surface area contributed by atoms with Gasteiger partial charge in [-0.15, -0.1) is 0 Å². The standard InChI is InChI=1S/C17H26N4/c1-20-11-12-21(17(18)19-15-9-5-6-10-15)16(13-20)14-7-3-2-4-8-14/h2-4,7-8,15-16H,5-6,9-13H2,1H3,(H2,18,19). The van der Waals surface area contributed by atoms with E-state index in [4.69, 9.17) is 10.7 Å². The van der Waals surface area contributed by atoms with Crippen LogP contribution in [0.15, 0.2) is 35.3 Å². The van der Waals surface area contributed by atoms with Crippen LogP contribution in [0.25, 0.3) is 0 Å². The first kappa shape index (κ1) is 14.4. The fourth-order valence-corrected chi connectivity index (χ4v) is 3.45. The molecule has 1 aromatic rings. The fourth-order valence-electron chi connectivity index (χ4n) is 3.45. The first-order valence-electron chi connectivity index (χ1n) is 8.07. The lowest BCUT2D eigenvalue weighted by molar-refractivity contribution is 0.149. The minimum atomic E-state index is 0.315. The summed E-state index contributed by atoms with van der Waals surface area (Å²) in [5, 5.41) is 0. The summed E-state index contributed by atoms with van der Waals surface area (Å²) in [5.41, 5.74) is 7.69. The summed E-state index contributed by atoms with van der Waals surface area (Å²) in [6, 6.07) is 11.4. The van der Waals surface area contributed by atoms with Gasteiger partial charge in [-0.3, -0.25) is 0 Å². The molecule has 4 nitrogen and oxygen atoms in total. The van der Waals surface area contributed by atoms with E-state index < -0.39 is 0 Å². The summed E-state index contributed by atoms with van der Waals surface area (Å²) in [5.74, 6) is 0.740. The molecule has 4 heteroatoms. The van der Waals surface area contributed by atoms with Gasteiger partial charge in [0, 0.05) is 19.6 Å². The van der Waals surface area contributed by atoms with E-state index in [1.807, 2.05) is 0 Å². The van der Waals surface area contributed by atoms with Gasteiger partial charge < -0.3 is 15.5 Å². The molecule has 1 saturated heterocycles. The summed E-state index contributed by atoms with van der Waals surface area (Å²) in [7, 11) is 2.18. The molecule has 1 unspecified atom stereocenters. The number of aliphatic imine (C=N–C) groups is 1. The molecule has 0 amide bonds. The van der Waals surface area contributed by atoms with Crippen molar-refractivity contribution in [2.24, 2.45) is 10.7 Å². The van der Waals surface area contributed by atoms with Crippen molar-refractivity contribution in [2.75, 3.05) is 26.7 Å². The van der Waals surface area contributed by atoms with Crippen LogP contribution in [0.1, 0.15) is 37.3 Å². The number of hydrogen-bond donors (Lipinski definition) is 1. The van der Waals surface area contributed by atoms with Gasteiger partial charge in [0.2, 0.25) is 0 Å². The smallest absolute Gasteiger partial charge is 0.192 e. The molecule has 1 atom stereocenters. The summed E-state index contributed by atoms with van der Waals surface area (Å²) in [4.78, 5) is 9.47. The van der Waals surface area contributed by atoms with Gasteiger partial charge in [0.1, 0.15) is 0 Å². The number of piperazine rings is 1. The maximum atomic E-state index is 6.36. The lowest BCUT2D eigenvalue weighted by Gasteiger charge is -2.41. The fraction of sp³-hybridized carbons (Fsp3) is 0.588. The molecule has 2 fully saturated rings. The van der Waals surface area contributed by atoms with Crippen molar-refractivity contribution in [3.05, 3.63) is 35.9 Å². The molecule has 2 N–H and O–H groups in total. The minimum absolute atomic E-state index is 0.315. The molecule has 1 heterocycles. The SMILES string of the molecule is CN1CCN(C(N)=NC2CCCC2)C(c2ccccc2)C1. The van der Waals surface area contributed by atoms with E-state index in [1.54, 1.807) is 0 Å². The summed E-state index contributed by atoms with van der Waals surface area (Å²) < 4.78 is 0. The highest BCUT2D eigenvalue weighted by atomic mass is 15.3. The molecular weight excluding hydrogens is 260 g/mol. The topological polar surface area (TPSA) is 44.9 Å². The number of rotatable bonds is 2. The predicted molar refractivity (Wildman–Crippen MR) is 87.3 cm³/mol. The Bertz CT molecular complexity index is 479. The lowest BCUT2D eigenvalue weighted by atomic mass is 10.0. The van der Waals surface area contributed by atoms with Crippen molar-refractivity contribution in [3.8, 4) is 0 Å². The summed E-state index contributed by atoms with van der Waals surface area (Å²) in [6.45, 7) is 3.01. The van der Waals surface area contributed by atoms with Crippen LogP contribution in [0.3, 0.4) is 0 Å². The Hall–Kier alpha value is -1.55. The largest absolute Gasteiger partial charge is 0.370 e. The second kappa shape index (κ2) is 6.48. The van der Waals surface area contributed by atoms with Crippen LogP contribution in [0, 0.1) is 0 Å². The summed E-state index contributed by atoms with van der Waals surface area (Å²) >= 11 is 0. The third-order valence-electron chi connectivity index (χ3n) is 4.70. The maximum absolute atomic E-state index is 6.36. The molecule has 1 saturated carbocycles. The van der Waals surface area contributed by atoms with E-state index in [1.165, 1.54) is 31.2 Å². The zero-order valence-corrected chi connectivity index (χ0v) is 12.9. The molecule has 0 spiro atoms. The highest BCUT2D eigenvalue weighted by Crippen LogP contribution is 2.26. The molecule has 1 aliphatic heterocycles. The maximum Gasteiger partial charge on any atom is 0.192 e. The number of likely N-dealkylation sites (N-methyl/N-ethyl adjacent to an activating group) is 1. The zero-order chi connectivity index (χ0) is 14.7. The summed E-state index contributed by atoms with van der Waals surface area (Å²) in [6.07, 6.45) is 4.99.